The van der Waals surface area contributed by atoms with Crippen LogP contribution in [-0.2, 0) is 11.3 Å². The van der Waals surface area contributed by atoms with Gasteiger partial charge in [0.15, 0.2) is 11.5 Å². The Kier molecular flexibility index (Phi) is 4.99. The van der Waals surface area contributed by atoms with Crippen molar-refractivity contribution >= 4 is 5.91 Å². The van der Waals surface area contributed by atoms with Gasteiger partial charge in [-0.1, -0.05) is 0 Å². The Morgan fingerprint density at radius 2 is 1.95 bits per heavy atom. The molecule has 0 radical (unpaired) electrons. The zero-order valence-electron chi connectivity index (χ0n) is 11.8. The molecule has 0 bridgehead atoms. The minimum atomic E-state index is -0.0202. The molecule has 1 fully saturated rings. The highest BCUT2D eigenvalue weighted by Crippen LogP contribution is 2.10. The van der Waals surface area contributed by atoms with E-state index >= 15 is 0 Å². The number of nitrogens with one attached hydrogen (secondary N) is 1. The van der Waals surface area contributed by atoms with E-state index in [1.807, 2.05) is 19.9 Å². The number of hydrogen-bond acceptors (Lipinski definition) is 3. The number of nitrogens with zero attached hydrogens (tertiary/aromatic N) is 1. The molecule has 2 heterocycles. The number of quaternary nitrogens is 1. The van der Waals surface area contributed by atoms with Crippen molar-refractivity contribution in [1.82, 2.24) is 4.90 Å². The number of ether oxygens (including phenoxy) is 1. The maximum atomic E-state index is 12.1. The van der Waals surface area contributed by atoms with Crippen LogP contribution in [-0.4, -0.2) is 50.2 Å². The van der Waals surface area contributed by atoms with Gasteiger partial charge in [-0.25, -0.2) is 0 Å². The molecule has 106 valence electrons. The summed E-state index contributed by atoms with van der Waals surface area (Å²) in [5.41, 5.74) is 0. The summed E-state index contributed by atoms with van der Waals surface area (Å²) >= 11 is 0. The fourth-order valence-electron chi connectivity index (χ4n) is 2.34. The van der Waals surface area contributed by atoms with Crippen molar-refractivity contribution in [3.05, 3.63) is 23.7 Å². The van der Waals surface area contributed by atoms with Crippen molar-refractivity contribution in [3.8, 4) is 0 Å². The molecule has 1 aliphatic heterocycles. The van der Waals surface area contributed by atoms with Gasteiger partial charge in [0.2, 0.25) is 0 Å². The molecule has 0 unspecified atom stereocenters. The Morgan fingerprint density at radius 1 is 1.26 bits per heavy atom. The molecule has 19 heavy (non-hydrogen) atoms. The number of morpholine rings is 1. The molecular formula is C14H23N2O3+. The Bertz CT molecular complexity index is 407. The first-order valence-electron chi connectivity index (χ1n) is 7.03. The molecule has 1 aromatic rings. The minimum absolute atomic E-state index is 0.0202. The van der Waals surface area contributed by atoms with Crippen molar-refractivity contribution in [1.29, 1.82) is 0 Å². The van der Waals surface area contributed by atoms with Crippen molar-refractivity contribution in [2.24, 2.45) is 0 Å². The fourth-order valence-corrected chi connectivity index (χ4v) is 2.34. The van der Waals surface area contributed by atoms with E-state index < -0.39 is 0 Å². The smallest absolute Gasteiger partial charge is 0.289 e. The summed E-state index contributed by atoms with van der Waals surface area (Å²) < 4.78 is 11.0. The second kappa shape index (κ2) is 6.73. The van der Waals surface area contributed by atoms with Crippen LogP contribution < -0.4 is 4.90 Å². The van der Waals surface area contributed by atoms with Crippen molar-refractivity contribution in [2.45, 2.75) is 20.4 Å². The predicted octanol–water partition coefficient (Wildman–Crippen LogP) is 0.177. The van der Waals surface area contributed by atoms with E-state index in [1.165, 1.54) is 4.90 Å². The van der Waals surface area contributed by atoms with Gasteiger partial charge >= 0.3 is 0 Å². The van der Waals surface area contributed by atoms with E-state index in [0.29, 0.717) is 18.8 Å². The van der Waals surface area contributed by atoms with Gasteiger partial charge in [-0.2, -0.15) is 0 Å². The summed E-state index contributed by atoms with van der Waals surface area (Å²) in [5.74, 6) is 1.31. The first-order valence-corrected chi connectivity index (χ1v) is 7.03. The second-order valence-electron chi connectivity index (χ2n) is 4.78. The third kappa shape index (κ3) is 3.58. The highest BCUT2D eigenvalue weighted by Gasteiger charge is 2.20. The SMILES string of the molecule is CCN(CC)C(=O)c1ccc(C[NH+]2CCOCC2)o1. The van der Waals surface area contributed by atoms with Gasteiger partial charge in [0.25, 0.3) is 5.91 Å². The van der Waals surface area contributed by atoms with Gasteiger partial charge in [-0.05, 0) is 26.0 Å². The molecule has 1 N–H and O–H groups in total. The van der Waals surface area contributed by atoms with Gasteiger partial charge in [0.05, 0.1) is 13.2 Å². The van der Waals surface area contributed by atoms with Crippen molar-refractivity contribution in [3.63, 3.8) is 0 Å². The average molecular weight is 267 g/mol. The van der Waals surface area contributed by atoms with Gasteiger partial charge < -0.3 is 19.0 Å². The number of carbonyl (C=O) groups is 1. The number of amides is 1. The monoisotopic (exact) mass is 267 g/mol. The van der Waals surface area contributed by atoms with Gasteiger partial charge in [0, 0.05) is 13.1 Å². The van der Waals surface area contributed by atoms with Crippen molar-refractivity contribution < 1.29 is 18.8 Å². The van der Waals surface area contributed by atoms with Gasteiger partial charge in [-0.3, -0.25) is 4.79 Å². The van der Waals surface area contributed by atoms with Gasteiger partial charge in [0.1, 0.15) is 19.6 Å². The number of hydrogen-bond donors (Lipinski definition) is 1. The lowest BCUT2D eigenvalue weighted by Crippen LogP contribution is -3.12. The fraction of sp³-hybridized carbons (Fsp3) is 0.643. The molecule has 1 saturated heterocycles. The maximum absolute atomic E-state index is 12.1. The Balaban J connectivity index is 1.96. The van der Waals surface area contributed by atoms with E-state index in [1.54, 1.807) is 11.0 Å². The highest BCUT2D eigenvalue weighted by atomic mass is 16.5. The largest absolute Gasteiger partial charge is 0.450 e. The van der Waals surface area contributed by atoms with Crippen LogP contribution in [0, 0.1) is 0 Å². The number of carbonyl (C=O) groups excluding carboxylic acids is 1. The summed E-state index contributed by atoms with van der Waals surface area (Å²) in [6.45, 7) is 9.81. The molecule has 2 rings (SSSR count). The third-order valence-electron chi connectivity index (χ3n) is 3.55. The zero-order valence-corrected chi connectivity index (χ0v) is 11.8. The van der Waals surface area contributed by atoms with Crippen molar-refractivity contribution in [2.75, 3.05) is 39.4 Å². The van der Waals surface area contributed by atoms with Crippen LogP contribution in [0.25, 0.3) is 0 Å². The maximum Gasteiger partial charge on any atom is 0.289 e. The highest BCUT2D eigenvalue weighted by molar-refractivity contribution is 5.91. The van der Waals surface area contributed by atoms with E-state index in [4.69, 9.17) is 9.15 Å². The molecule has 0 aliphatic carbocycles. The number of furan rings is 1. The van der Waals surface area contributed by atoms with Crippen LogP contribution in [0.1, 0.15) is 30.2 Å². The summed E-state index contributed by atoms with van der Waals surface area (Å²) in [4.78, 5) is 15.3. The third-order valence-corrected chi connectivity index (χ3v) is 3.55. The molecule has 1 amide bonds. The average Bonchev–Trinajstić information content (AvgIpc) is 2.89. The standard InChI is InChI=1S/C14H22N2O3/c1-3-16(4-2)14(17)13-6-5-12(19-13)11-15-7-9-18-10-8-15/h5-6H,3-4,7-11H2,1-2H3/p+1. The zero-order chi connectivity index (χ0) is 13.7. The van der Waals surface area contributed by atoms with Crippen LogP contribution in [0.15, 0.2) is 16.5 Å². The van der Waals surface area contributed by atoms with Gasteiger partial charge in [-0.15, -0.1) is 0 Å². The molecule has 5 nitrogen and oxygen atoms in total. The van der Waals surface area contributed by atoms with Crippen LogP contribution >= 0.6 is 0 Å². The summed E-state index contributed by atoms with van der Waals surface area (Å²) in [6, 6.07) is 3.70. The van der Waals surface area contributed by atoms with E-state index in [0.717, 1.165) is 38.6 Å². The second-order valence-corrected chi connectivity index (χ2v) is 4.78. The predicted molar refractivity (Wildman–Crippen MR) is 71.2 cm³/mol. The van der Waals surface area contributed by atoms with E-state index in [2.05, 4.69) is 0 Å². The molecule has 0 atom stereocenters. The van der Waals surface area contributed by atoms with Crippen LogP contribution in [0.3, 0.4) is 0 Å². The molecule has 1 aliphatic rings. The lowest BCUT2D eigenvalue weighted by Gasteiger charge is -2.22. The Morgan fingerprint density at radius 3 is 2.58 bits per heavy atom. The molecule has 0 aromatic carbocycles. The first-order chi connectivity index (χ1) is 9.24. The Labute approximate surface area is 114 Å². The molecule has 0 spiro atoms. The lowest BCUT2D eigenvalue weighted by atomic mass is 10.3. The van der Waals surface area contributed by atoms with Crippen LogP contribution in [0.4, 0.5) is 0 Å². The first kappa shape index (κ1) is 14.1. The minimum Gasteiger partial charge on any atom is -0.450 e. The number of rotatable bonds is 5. The molecule has 1 aromatic heterocycles. The quantitative estimate of drug-likeness (QED) is 0.828. The Hall–Kier alpha value is -1.33. The summed E-state index contributed by atoms with van der Waals surface area (Å²) in [6.07, 6.45) is 0. The van der Waals surface area contributed by atoms with Crippen LogP contribution in [0.5, 0.6) is 0 Å². The summed E-state index contributed by atoms with van der Waals surface area (Å²) in [5, 5.41) is 0. The van der Waals surface area contributed by atoms with Crippen LogP contribution in [0.2, 0.25) is 0 Å². The topological polar surface area (TPSA) is 47.1 Å². The normalized spacial score (nSPS) is 16.5. The lowest BCUT2D eigenvalue weighted by molar-refractivity contribution is -0.922. The van der Waals surface area contributed by atoms with E-state index in [-0.39, 0.29) is 5.91 Å². The summed E-state index contributed by atoms with van der Waals surface area (Å²) in [7, 11) is 0. The van der Waals surface area contributed by atoms with E-state index in [9.17, 15) is 4.79 Å². The molecule has 5 heteroatoms. The molecule has 0 saturated carbocycles. The molecular weight excluding hydrogens is 244 g/mol.